The van der Waals surface area contributed by atoms with Crippen molar-refractivity contribution in [3.8, 4) is 0 Å². The van der Waals surface area contributed by atoms with Crippen molar-refractivity contribution in [1.82, 2.24) is 9.88 Å². The Bertz CT molecular complexity index is 352. The molecule has 0 aliphatic heterocycles. The topological polar surface area (TPSA) is 42.1 Å². The fourth-order valence-electron chi connectivity index (χ4n) is 1.57. The molecule has 0 bridgehead atoms. The number of rotatable bonds is 5. The molecule has 6 heteroatoms. The first-order valence-electron chi connectivity index (χ1n) is 5.32. The van der Waals surface area contributed by atoms with Gasteiger partial charge in [0.15, 0.2) is 0 Å². The minimum atomic E-state index is -4.21. The molecule has 0 saturated heterocycles. The van der Waals surface area contributed by atoms with E-state index < -0.39 is 12.7 Å². The molecule has 1 aromatic heterocycles. The highest BCUT2D eigenvalue weighted by molar-refractivity contribution is 5.09. The summed E-state index contributed by atoms with van der Waals surface area (Å²) in [4.78, 5) is 5.43. The summed E-state index contributed by atoms with van der Waals surface area (Å²) in [6, 6.07) is 5.30. The van der Waals surface area contributed by atoms with Crippen LogP contribution in [-0.2, 0) is 6.54 Å². The smallest absolute Gasteiger partial charge is 0.329 e. The largest absolute Gasteiger partial charge is 0.401 e. The molecule has 0 aromatic carbocycles. The number of alkyl halides is 3. The molecular weight excluding hydrogens is 231 g/mol. The van der Waals surface area contributed by atoms with Crippen LogP contribution in [0.3, 0.4) is 0 Å². The van der Waals surface area contributed by atoms with Crippen molar-refractivity contribution in [3.05, 3.63) is 29.6 Å². The van der Waals surface area contributed by atoms with Gasteiger partial charge in [0.25, 0.3) is 0 Å². The summed E-state index contributed by atoms with van der Waals surface area (Å²) in [6.07, 6.45) is -4.21. The van der Waals surface area contributed by atoms with Crippen LogP contribution < -0.4 is 5.73 Å². The van der Waals surface area contributed by atoms with Crippen molar-refractivity contribution < 1.29 is 13.2 Å². The number of aryl methyl sites for hydroxylation is 1. The van der Waals surface area contributed by atoms with Gasteiger partial charge in [0.05, 0.1) is 12.2 Å². The average molecular weight is 247 g/mol. The van der Waals surface area contributed by atoms with Crippen LogP contribution in [-0.4, -0.2) is 35.7 Å². The molecule has 1 rings (SSSR count). The van der Waals surface area contributed by atoms with Crippen LogP contribution in [0.1, 0.15) is 11.4 Å². The van der Waals surface area contributed by atoms with Gasteiger partial charge >= 0.3 is 6.18 Å². The van der Waals surface area contributed by atoms with E-state index in [1.807, 2.05) is 0 Å². The van der Waals surface area contributed by atoms with Gasteiger partial charge in [0, 0.05) is 25.3 Å². The van der Waals surface area contributed by atoms with E-state index in [0.717, 1.165) is 5.69 Å². The minimum Gasteiger partial charge on any atom is -0.329 e. The Morgan fingerprint density at radius 1 is 1.35 bits per heavy atom. The Balaban J connectivity index is 2.66. The molecule has 0 spiro atoms. The second-order valence-electron chi connectivity index (χ2n) is 3.88. The molecule has 1 heterocycles. The van der Waals surface area contributed by atoms with Gasteiger partial charge in [-0.3, -0.25) is 9.88 Å². The van der Waals surface area contributed by atoms with Gasteiger partial charge in [0.1, 0.15) is 0 Å². The van der Waals surface area contributed by atoms with Crippen LogP contribution >= 0.6 is 0 Å². The molecule has 0 radical (unpaired) electrons. The van der Waals surface area contributed by atoms with Crippen LogP contribution in [0.5, 0.6) is 0 Å². The molecule has 0 saturated carbocycles. The van der Waals surface area contributed by atoms with Gasteiger partial charge in [-0.2, -0.15) is 13.2 Å². The lowest BCUT2D eigenvalue weighted by atomic mass is 10.3. The summed E-state index contributed by atoms with van der Waals surface area (Å²) in [6.45, 7) is 1.41. The predicted octanol–water partition coefficient (Wildman–Crippen LogP) is 1.71. The van der Waals surface area contributed by atoms with Gasteiger partial charge in [-0.15, -0.1) is 0 Å². The SMILES string of the molecule is Cc1cccc(CN(CCN)CC(F)(F)F)n1. The van der Waals surface area contributed by atoms with E-state index >= 15 is 0 Å². The van der Waals surface area contributed by atoms with Crippen molar-refractivity contribution in [2.45, 2.75) is 19.6 Å². The van der Waals surface area contributed by atoms with Crippen LogP contribution in [0.15, 0.2) is 18.2 Å². The van der Waals surface area contributed by atoms with E-state index in [1.165, 1.54) is 4.90 Å². The van der Waals surface area contributed by atoms with E-state index in [2.05, 4.69) is 4.98 Å². The molecule has 96 valence electrons. The maximum absolute atomic E-state index is 12.3. The van der Waals surface area contributed by atoms with Crippen molar-refractivity contribution in [2.75, 3.05) is 19.6 Å². The standard InChI is InChI=1S/C11H16F3N3/c1-9-3-2-4-10(16-9)7-17(6-5-15)8-11(12,13)14/h2-4H,5-8,15H2,1H3. The van der Waals surface area contributed by atoms with Gasteiger partial charge in [-0.25, -0.2) is 0 Å². The lowest BCUT2D eigenvalue weighted by Gasteiger charge is -2.22. The maximum Gasteiger partial charge on any atom is 0.401 e. The second-order valence-corrected chi connectivity index (χ2v) is 3.88. The number of pyridine rings is 1. The molecule has 0 aliphatic rings. The van der Waals surface area contributed by atoms with E-state index in [-0.39, 0.29) is 19.6 Å². The number of halogens is 3. The Morgan fingerprint density at radius 2 is 2.06 bits per heavy atom. The highest BCUT2D eigenvalue weighted by atomic mass is 19.4. The molecule has 0 unspecified atom stereocenters. The molecule has 0 atom stereocenters. The second kappa shape index (κ2) is 5.97. The van der Waals surface area contributed by atoms with Crippen LogP contribution in [0.25, 0.3) is 0 Å². The van der Waals surface area contributed by atoms with Crippen LogP contribution in [0, 0.1) is 6.92 Å². The third kappa shape index (κ3) is 5.65. The highest BCUT2D eigenvalue weighted by Crippen LogP contribution is 2.17. The zero-order chi connectivity index (χ0) is 12.9. The molecule has 2 N–H and O–H groups in total. The van der Waals surface area contributed by atoms with Crippen molar-refractivity contribution >= 4 is 0 Å². The van der Waals surface area contributed by atoms with E-state index in [4.69, 9.17) is 5.73 Å². The maximum atomic E-state index is 12.3. The Hall–Kier alpha value is -1.14. The van der Waals surface area contributed by atoms with Gasteiger partial charge in [0.2, 0.25) is 0 Å². The summed E-state index contributed by atoms with van der Waals surface area (Å²) in [7, 11) is 0. The molecule has 17 heavy (non-hydrogen) atoms. The fraction of sp³-hybridized carbons (Fsp3) is 0.545. The molecular formula is C11H16F3N3. The first-order valence-corrected chi connectivity index (χ1v) is 5.32. The van der Waals surface area contributed by atoms with E-state index in [1.54, 1.807) is 25.1 Å². The Kier molecular flexibility index (Phi) is 4.89. The van der Waals surface area contributed by atoms with Gasteiger partial charge in [-0.1, -0.05) is 6.07 Å². The minimum absolute atomic E-state index is 0.165. The molecule has 0 aliphatic carbocycles. The first kappa shape index (κ1) is 13.9. The number of nitrogens with zero attached hydrogens (tertiary/aromatic N) is 2. The van der Waals surface area contributed by atoms with Crippen molar-refractivity contribution in [3.63, 3.8) is 0 Å². The Labute approximate surface area is 98.4 Å². The fourth-order valence-corrected chi connectivity index (χ4v) is 1.57. The normalized spacial score (nSPS) is 12.1. The summed E-state index contributed by atoms with van der Waals surface area (Å²) >= 11 is 0. The van der Waals surface area contributed by atoms with Gasteiger partial charge < -0.3 is 5.73 Å². The Morgan fingerprint density at radius 3 is 2.59 bits per heavy atom. The van der Waals surface area contributed by atoms with Crippen LogP contribution in [0.2, 0.25) is 0 Å². The zero-order valence-corrected chi connectivity index (χ0v) is 9.67. The number of hydrogen-bond acceptors (Lipinski definition) is 3. The lowest BCUT2D eigenvalue weighted by molar-refractivity contribution is -0.146. The third-order valence-corrected chi connectivity index (χ3v) is 2.18. The lowest BCUT2D eigenvalue weighted by Crippen LogP contribution is -2.37. The van der Waals surface area contributed by atoms with E-state index in [9.17, 15) is 13.2 Å². The summed E-state index contributed by atoms with van der Waals surface area (Å²) in [5.41, 5.74) is 6.72. The van der Waals surface area contributed by atoms with Crippen LogP contribution in [0.4, 0.5) is 13.2 Å². The molecule has 1 aromatic rings. The monoisotopic (exact) mass is 247 g/mol. The van der Waals surface area contributed by atoms with E-state index in [0.29, 0.717) is 5.69 Å². The van der Waals surface area contributed by atoms with Crippen molar-refractivity contribution in [1.29, 1.82) is 0 Å². The number of nitrogens with two attached hydrogens (primary N) is 1. The molecule has 3 nitrogen and oxygen atoms in total. The summed E-state index contributed by atoms with van der Waals surface area (Å²) in [5, 5.41) is 0. The summed E-state index contributed by atoms with van der Waals surface area (Å²) < 4.78 is 36.9. The number of hydrogen-bond donors (Lipinski definition) is 1. The average Bonchev–Trinajstić information content (AvgIpc) is 2.15. The quantitative estimate of drug-likeness (QED) is 0.861. The third-order valence-electron chi connectivity index (χ3n) is 2.18. The van der Waals surface area contributed by atoms with Gasteiger partial charge in [-0.05, 0) is 19.1 Å². The number of aromatic nitrogens is 1. The highest BCUT2D eigenvalue weighted by Gasteiger charge is 2.30. The predicted molar refractivity (Wildman–Crippen MR) is 59.4 cm³/mol. The summed E-state index contributed by atoms with van der Waals surface area (Å²) in [5.74, 6) is 0. The zero-order valence-electron chi connectivity index (χ0n) is 9.67. The molecule has 0 amide bonds. The first-order chi connectivity index (χ1) is 7.90. The molecule has 0 fully saturated rings. The van der Waals surface area contributed by atoms with Crippen molar-refractivity contribution in [2.24, 2.45) is 5.73 Å².